The lowest BCUT2D eigenvalue weighted by atomic mass is 10.1. The van der Waals surface area contributed by atoms with Gasteiger partial charge in [0.2, 0.25) is 17.7 Å². The first kappa shape index (κ1) is 26.7. The summed E-state index contributed by atoms with van der Waals surface area (Å²) in [5.41, 5.74) is 0.593. The number of hydrogen-bond donors (Lipinski definition) is 2. The molecular weight excluding hydrogens is 448 g/mol. The van der Waals surface area contributed by atoms with Gasteiger partial charge in [-0.05, 0) is 25.5 Å². The number of carbonyl (C=O) groups excluding carboxylic acids is 4. The standard InChI is InChI=1S/C23H29F2N5O4/c1-14(2)23(24,25)22(34)27-15(3)21(33)29(4)13-19(31)30-12-16(10-18(30)11-26)20(32)28-17-8-6-5-7-9-17/h5-9,14-16,18H,10,12-13H2,1-4H3,(H,27,34)(H,28,32). The van der Waals surface area contributed by atoms with Crippen molar-refractivity contribution in [2.24, 2.45) is 11.8 Å². The van der Waals surface area contributed by atoms with Crippen LogP contribution in [0, 0.1) is 23.2 Å². The highest BCUT2D eigenvalue weighted by Crippen LogP contribution is 2.25. The van der Waals surface area contributed by atoms with Crippen LogP contribution in [0.5, 0.6) is 0 Å². The SMILES string of the molecule is CC(NC(=O)C(F)(F)C(C)C)C(=O)N(C)CC(=O)N1CC(C(=O)Nc2ccccc2)CC1C#N. The average Bonchev–Trinajstić information content (AvgIpc) is 3.23. The molecule has 0 radical (unpaired) electrons. The van der Waals surface area contributed by atoms with Crippen LogP contribution in [0.2, 0.25) is 0 Å². The number of anilines is 1. The molecule has 9 nitrogen and oxygen atoms in total. The predicted octanol–water partition coefficient (Wildman–Crippen LogP) is 1.62. The minimum absolute atomic E-state index is 0.00462. The number of benzene rings is 1. The van der Waals surface area contributed by atoms with Crippen LogP contribution in [0.25, 0.3) is 0 Å². The number of alkyl halides is 2. The topological polar surface area (TPSA) is 123 Å². The predicted molar refractivity (Wildman–Crippen MR) is 119 cm³/mol. The number of halogens is 2. The Morgan fingerprint density at radius 3 is 2.38 bits per heavy atom. The Balaban J connectivity index is 1.96. The van der Waals surface area contributed by atoms with Crippen molar-refractivity contribution in [3.63, 3.8) is 0 Å². The number of amides is 4. The van der Waals surface area contributed by atoms with E-state index in [4.69, 9.17) is 0 Å². The van der Waals surface area contributed by atoms with E-state index in [-0.39, 0.29) is 18.9 Å². The molecule has 0 aliphatic carbocycles. The summed E-state index contributed by atoms with van der Waals surface area (Å²) < 4.78 is 27.7. The van der Waals surface area contributed by atoms with Gasteiger partial charge in [-0.15, -0.1) is 0 Å². The molecule has 1 aliphatic heterocycles. The number of nitriles is 1. The van der Waals surface area contributed by atoms with Crippen LogP contribution in [-0.4, -0.2) is 71.6 Å². The third kappa shape index (κ3) is 6.27. The number of likely N-dealkylation sites (N-methyl/N-ethyl adjacent to an activating group) is 1. The quantitative estimate of drug-likeness (QED) is 0.589. The van der Waals surface area contributed by atoms with Crippen molar-refractivity contribution >= 4 is 29.3 Å². The molecule has 1 aromatic rings. The van der Waals surface area contributed by atoms with Gasteiger partial charge in [-0.1, -0.05) is 32.0 Å². The van der Waals surface area contributed by atoms with Crippen molar-refractivity contribution in [3.8, 4) is 6.07 Å². The zero-order valence-corrected chi connectivity index (χ0v) is 19.5. The third-order valence-electron chi connectivity index (χ3n) is 5.68. The molecule has 34 heavy (non-hydrogen) atoms. The zero-order valence-electron chi connectivity index (χ0n) is 19.5. The zero-order chi connectivity index (χ0) is 25.6. The molecular formula is C23H29F2N5O4. The minimum Gasteiger partial charge on any atom is -0.339 e. The Kier molecular flexibility index (Phi) is 8.68. The lowest BCUT2D eigenvalue weighted by Crippen LogP contribution is -2.53. The summed E-state index contributed by atoms with van der Waals surface area (Å²) in [6, 6.07) is 8.64. The van der Waals surface area contributed by atoms with Crippen LogP contribution in [-0.2, 0) is 19.2 Å². The van der Waals surface area contributed by atoms with E-state index in [0.717, 1.165) is 4.90 Å². The second-order valence-electron chi connectivity index (χ2n) is 8.65. The smallest absolute Gasteiger partial charge is 0.326 e. The van der Waals surface area contributed by atoms with Gasteiger partial charge in [-0.25, -0.2) is 0 Å². The van der Waals surface area contributed by atoms with Crippen molar-refractivity contribution in [2.75, 3.05) is 25.5 Å². The first-order valence-corrected chi connectivity index (χ1v) is 10.9. The molecule has 1 heterocycles. The van der Waals surface area contributed by atoms with Gasteiger partial charge in [-0.3, -0.25) is 19.2 Å². The maximum absolute atomic E-state index is 13.8. The summed E-state index contributed by atoms with van der Waals surface area (Å²) in [5.74, 6) is -8.71. The molecule has 0 bridgehead atoms. The van der Waals surface area contributed by atoms with Crippen molar-refractivity contribution in [2.45, 2.75) is 45.2 Å². The number of nitrogens with one attached hydrogen (secondary N) is 2. The first-order valence-electron chi connectivity index (χ1n) is 10.9. The highest BCUT2D eigenvalue weighted by molar-refractivity contribution is 5.94. The minimum atomic E-state index is -3.65. The van der Waals surface area contributed by atoms with Gasteiger partial charge >= 0.3 is 5.92 Å². The maximum Gasteiger partial charge on any atom is 0.326 e. The van der Waals surface area contributed by atoms with Crippen LogP contribution in [0.3, 0.4) is 0 Å². The van der Waals surface area contributed by atoms with Crippen LogP contribution >= 0.6 is 0 Å². The maximum atomic E-state index is 13.8. The Morgan fingerprint density at radius 2 is 1.82 bits per heavy atom. The molecule has 1 aliphatic rings. The summed E-state index contributed by atoms with van der Waals surface area (Å²) in [7, 11) is 1.29. The van der Waals surface area contributed by atoms with E-state index in [9.17, 15) is 33.2 Å². The summed E-state index contributed by atoms with van der Waals surface area (Å²) in [4.78, 5) is 51.9. The number of para-hydroxylation sites is 1. The van der Waals surface area contributed by atoms with Crippen LogP contribution in [0.4, 0.5) is 14.5 Å². The Morgan fingerprint density at radius 1 is 1.21 bits per heavy atom. The van der Waals surface area contributed by atoms with E-state index in [1.807, 2.05) is 11.4 Å². The summed E-state index contributed by atoms with van der Waals surface area (Å²) >= 11 is 0. The average molecular weight is 478 g/mol. The molecule has 0 saturated carbocycles. The number of nitrogens with zero attached hydrogens (tertiary/aromatic N) is 3. The van der Waals surface area contributed by atoms with Gasteiger partial charge in [0.1, 0.15) is 12.1 Å². The first-order chi connectivity index (χ1) is 15.9. The van der Waals surface area contributed by atoms with Crippen LogP contribution in [0.15, 0.2) is 30.3 Å². The number of likely N-dealkylation sites (tertiary alicyclic amines) is 1. The Hall–Kier alpha value is -3.55. The van der Waals surface area contributed by atoms with Crippen molar-refractivity contribution in [1.29, 1.82) is 5.26 Å². The van der Waals surface area contributed by atoms with E-state index in [1.165, 1.54) is 32.7 Å². The lowest BCUT2D eigenvalue weighted by Gasteiger charge is -2.27. The van der Waals surface area contributed by atoms with E-state index in [0.29, 0.717) is 5.69 Å². The molecule has 1 aromatic carbocycles. The molecule has 3 unspecified atom stereocenters. The highest BCUT2D eigenvalue weighted by atomic mass is 19.3. The molecule has 184 valence electrons. The lowest BCUT2D eigenvalue weighted by molar-refractivity contribution is -0.154. The number of hydrogen-bond acceptors (Lipinski definition) is 5. The van der Waals surface area contributed by atoms with E-state index < -0.39 is 54.1 Å². The van der Waals surface area contributed by atoms with Gasteiger partial charge in [0, 0.05) is 25.2 Å². The fourth-order valence-corrected chi connectivity index (χ4v) is 3.51. The van der Waals surface area contributed by atoms with Crippen molar-refractivity contribution in [1.82, 2.24) is 15.1 Å². The van der Waals surface area contributed by atoms with Gasteiger partial charge < -0.3 is 20.4 Å². The fraction of sp³-hybridized carbons (Fsp3) is 0.522. The van der Waals surface area contributed by atoms with Gasteiger partial charge in [0.25, 0.3) is 5.91 Å². The summed E-state index contributed by atoms with van der Waals surface area (Å²) in [6.45, 7) is 3.18. The van der Waals surface area contributed by atoms with Crippen LogP contribution in [0.1, 0.15) is 27.2 Å². The molecule has 3 atom stereocenters. The Bertz CT molecular complexity index is 964. The van der Waals surface area contributed by atoms with E-state index in [1.54, 1.807) is 30.3 Å². The fourth-order valence-electron chi connectivity index (χ4n) is 3.51. The molecule has 11 heteroatoms. The second-order valence-corrected chi connectivity index (χ2v) is 8.65. The number of carbonyl (C=O) groups is 4. The molecule has 0 aromatic heterocycles. The second kappa shape index (κ2) is 11.0. The van der Waals surface area contributed by atoms with Gasteiger partial charge in [0.05, 0.1) is 18.5 Å². The largest absolute Gasteiger partial charge is 0.339 e. The normalized spacial score (nSPS) is 18.7. The van der Waals surface area contributed by atoms with Crippen molar-refractivity contribution < 1.29 is 28.0 Å². The van der Waals surface area contributed by atoms with E-state index >= 15 is 0 Å². The molecule has 4 amide bonds. The molecule has 2 rings (SSSR count). The summed E-state index contributed by atoms with van der Waals surface area (Å²) in [5, 5.41) is 14.2. The monoisotopic (exact) mass is 477 g/mol. The van der Waals surface area contributed by atoms with Crippen LogP contribution < -0.4 is 10.6 Å². The molecule has 2 N–H and O–H groups in total. The highest BCUT2D eigenvalue weighted by Gasteiger charge is 2.44. The third-order valence-corrected chi connectivity index (χ3v) is 5.68. The molecule has 1 fully saturated rings. The summed E-state index contributed by atoms with van der Waals surface area (Å²) in [6.07, 6.45) is 0.148. The van der Waals surface area contributed by atoms with Gasteiger partial charge in [-0.2, -0.15) is 14.0 Å². The van der Waals surface area contributed by atoms with E-state index in [2.05, 4.69) is 5.32 Å². The number of rotatable bonds is 8. The van der Waals surface area contributed by atoms with Gasteiger partial charge in [0.15, 0.2) is 0 Å². The Labute approximate surface area is 197 Å². The molecule has 1 saturated heterocycles. The molecule has 0 spiro atoms. The van der Waals surface area contributed by atoms with Crippen molar-refractivity contribution in [3.05, 3.63) is 30.3 Å².